The summed E-state index contributed by atoms with van der Waals surface area (Å²) in [5, 5.41) is 14.8. The third-order valence-electron chi connectivity index (χ3n) is 4.89. The molecule has 2 N–H and O–H groups in total. The summed E-state index contributed by atoms with van der Waals surface area (Å²) in [6.07, 6.45) is -3.87. The Bertz CT molecular complexity index is 1100. The van der Waals surface area contributed by atoms with E-state index in [9.17, 15) is 31.2 Å². The summed E-state index contributed by atoms with van der Waals surface area (Å²) in [6, 6.07) is 5.68. The Kier molecular flexibility index (Phi) is 6.09. The van der Waals surface area contributed by atoms with Crippen LogP contribution in [0.25, 0.3) is 0 Å². The molecule has 2 aromatic rings. The number of nitrogens with zero attached hydrogens (tertiary/aromatic N) is 3. The second kappa shape index (κ2) is 8.30. The number of aliphatic carboxylic acids is 1. The van der Waals surface area contributed by atoms with Gasteiger partial charge in [0.1, 0.15) is 5.69 Å². The Hall–Kier alpha value is -2.93. The van der Waals surface area contributed by atoms with Crippen LogP contribution in [0.15, 0.2) is 35.2 Å². The van der Waals surface area contributed by atoms with E-state index in [1.807, 2.05) is 0 Å². The van der Waals surface area contributed by atoms with E-state index in [1.54, 1.807) is 0 Å². The summed E-state index contributed by atoms with van der Waals surface area (Å²) in [5.41, 5.74) is -1.36. The van der Waals surface area contributed by atoms with Crippen molar-refractivity contribution in [3.8, 4) is 0 Å². The highest BCUT2D eigenvalue weighted by Crippen LogP contribution is 2.29. The molecule has 0 bridgehead atoms. The first kappa shape index (κ1) is 22.7. The molecule has 1 fully saturated rings. The normalized spacial score (nSPS) is 18.0. The minimum Gasteiger partial charge on any atom is -0.481 e. The van der Waals surface area contributed by atoms with Crippen molar-refractivity contribution in [2.24, 2.45) is 13.0 Å². The summed E-state index contributed by atoms with van der Waals surface area (Å²) < 4.78 is 65.7. The van der Waals surface area contributed by atoms with Gasteiger partial charge in [-0.3, -0.25) is 14.3 Å². The molecule has 1 aliphatic heterocycles. The van der Waals surface area contributed by atoms with Crippen LogP contribution in [0.1, 0.15) is 29.0 Å². The number of halogens is 3. The predicted octanol–water partition coefficient (Wildman–Crippen LogP) is 2.18. The third kappa shape index (κ3) is 4.88. The number of carbonyl (C=O) groups excluding carboxylic acids is 1. The molecule has 1 aliphatic rings. The summed E-state index contributed by atoms with van der Waals surface area (Å²) in [5.74, 6) is -2.68. The fourth-order valence-electron chi connectivity index (χ4n) is 3.24. The SMILES string of the molecule is Cn1nc(C(F)(F)F)cc1C(=O)Nc1ccc(S(=O)(=O)N2CCCC(C(=O)O)C2)cc1. The minimum atomic E-state index is -4.69. The lowest BCUT2D eigenvalue weighted by atomic mass is 10.0. The quantitative estimate of drug-likeness (QED) is 0.706. The fourth-order valence-corrected chi connectivity index (χ4v) is 4.76. The van der Waals surface area contributed by atoms with Crippen LogP contribution in [-0.2, 0) is 28.0 Å². The number of alkyl halides is 3. The molecular formula is C18H19F3N4O5S. The highest BCUT2D eigenvalue weighted by atomic mass is 32.2. The molecule has 31 heavy (non-hydrogen) atoms. The maximum Gasteiger partial charge on any atom is 0.435 e. The average molecular weight is 460 g/mol. The van der Waals surface area contributed by atoms with Gasteiger partial charge in [-0.15, -0.1) is 0 Å². The zero-order valence-corrected chi connectivity index (χ0v) is 17.1. The number of carboxylic acids is 1. The molecule has 0 radical (unpaired) electrons. The lowest BCUT2D eigenvalue weighted by Crippen LogP contribution is -2.42. The standard InChI is InChI=1S/C18H19F3N4O5S/c1-24-14(9-15(23-24)18(19,20)21)16(26)22-12-4-6-13(7-5-12)31(29,30)25-8-2-3-11(10-25)17(27)28/h4-7,9,11H,2-3,8,10H2,1H3,(H,22,26)(H,27,28). The number of carbonyl (C=O) groups is 2. The lowest BCUT2D eigenvalue weighted by Gasteiger charge is -2.29. The van der Waals surface area contributed by atoms with Crippen LogP contribution in [-0.4, -0.2) is 52.6 Å². The van der Waals surface area contributed by atoms with Crippen LogP contribution in [0.2, 0.25) is 0 Å². The van der Waals surface area contributed by atoms with Crippen molar-refractivity contribution in [1.82, 2.24) is 14.1 Å². The van der Waals surface area contributed by atoms with Crippen LogP contribution in [0.4, 0.5) is 18.9 Å². The first-order valence-electron chi connectivity index (χ1n) is 9.15. The van der Waals surface area contributed by atoms with Crippen molar-refractivity contribution in [1.29, 1.82) is 0 Å². The van der Waals surface area contributed by atoms with Crippen molar-refractivity contribution < 1.29 is 36.3 Å². The van der Waals surface area contributed by atoms with E-state index in [4.69, 9.17) is 5.11 Å². The van der Waals surface area contributed by atoms with E-state index in [0.29, 0.717) is 18.9 Å². The van der Waals surface area contributed by atoms with Crippen LogP contribution in [0, 0.1) is 5.92 Å². The summed E-state index contributed by atoms with van der Waals surface area (Å²) in [7, 11) is -2.73. The number of carboxylic acid groups (broad SMARTS) is 1. The number of nitrogens with one attached hydrogen (secondary N) is 1. The molecule has 1 unspecified atom stereocenters. The summed E-state index contributed by atoms with van der Waals surface area (Å²) in [4.78, 5) is 23.4. The zero-order chi connectivity index (χ0) is 23.0. The molecule has 0 aliphatic carbocycles. The Labute approximate surface area is 175 Å². The summed E-state index contributed by atoms with van der Waals surface area (Å²) >= 11 is 0. The molecule has 13 heteroatoms. The minimum absolute atomic E-state index is 0.0866. The highest BCUT2D eigenvalue weighted by Gasteiger charge is 2.36. The number of aryl methyl sites for hydroxylation is 1. The van der Waals surface area contributed by atoms with Gasteiger partial charge in [-0.25, -0.2) is 8.42 Å². The van der Waals surface area contributed by atoms with Crippen LogP contribution >= 0.6 is 0 Å². The Balaban J connectivity index is 1.74. The lowest BCUT2D eigenvalue weighted by molar-refractivity contribution is -0.143. The number of hydrogen-bond donors (Lipinski definition) is 2. The van der Waals surface area contributed by atoms with E-state index in [0.717, 1.165) is 8.99 Å². The smallest absolute Gasteiger partial charge is 0.435 e. The second-order valence-corrected chi connectivity index (χ2v) is 8.99. The molecule has 168 valence electrons. The largest absolute Gasteiger partial charge is 0.481 e. The number of aromatic nitrogens is 2. The summed E-state index contributed by atoms with van der Waals surface area (Å²) in [6.45, 7) is 0.0742. The van der Waals surface area contributed by atoms with Gasteiger partial charge in [-0.2, -0.15) is 22.6 Å². The molecule has 0 saturated carbocycles. The van der Waals surface area contributed by atoms with Crippen molar-refractivity contribution in [2.45, 2.75) is 23.9 Å². The van der Waals surface area contributed by atoms with Crippen molar-refractivity contribution in [3.05, 3.63) is 41.7 Å². The van der Waals surface area contributed by atoms with Crippen molar-refractivity contribution in [2.75, 3.05) is 18.4 Å². The van der Waals surface area contributed by atoms with Crippen LogP contribution in [0.3, 0.4) is 0 Å². The number of anilines is 1. The fraction of sp³-hybridized carbons (Fsp3) is 0.389. The number of benzene rings is 1. The Morgan fingerprint density at radius 2 is 1.87 bits per heavy atom. The van der Waals surface area contributed by atoms with E-state index in [1.165, 1.54) is 31.3 Å². The Morgan fingerprint density at radius 1 is 1.23 bits per heavy atom. The number of amides is 1. The predicted molar refractivity (Wildman–Crippen MR) is 102 cm³/mol. The Morgan fingerprint density at radius 3 is 2.42 bits per heavy atom. The monoisotopic (exact) mass is 460 g/mol. The van der Waals surface area contributed by atoms with Crippen molar-refractivity contribution in [3.63, 3.8) is 0 Å². The van der Waals surface area contributed by atoms with E-state index in [2.05, 4.69) is 10.4 Å². The molecule has 0 spiro atoms. The highest BCUT2D eigenvalue weighted by molar-refractivity contribution is 7.89. The van der Waals surface area contributed by atoms with Gasteiger partial charge in [0.2, 0.25) is 10.0 Å². The molecule has 3 rings (SSSR count). The first-order chi connectivity index (χ1) is 14.4. The molecule has 1 atom stereocenters. The zero-order valence-electron chi connectivity index (χ0n) is 16.3. The van der Waals surface area contributed by atoms with Gasteiger partial charge < -0.3 is 10.4 Å². The van der Waals surface area contributed by atoms with Crippen molar-refractivity contribution >= 4 is 27.6 Å². The van der Waals surface area contributed by atoms with E-state index in [-0.39, 0.29) is 29.4 Å². The number of hydrogen-bond acceptors (Lipinski definition) is 5. The number of rotatable bonds is 5. The van der Waals surface area contributed by atoms with Gasteiger partial charge in [0.15, 0.2) is 5.69 Å². The van der Waals surface area contributed by atoms with Gasteiger partial charge in [0.25, 0.3) is 5.91 Å². The van der Waals surface area contributed by atoms with E-state index >= 15 is 0 Å². The van der Waals surface area contributed by atoms with Gasteiger partial charge in [-0.1, -0.05) is 0 Å². The first-order valence-corrected chi connectivity index (χ1v) is 10.6. The van der Waals surface area contributed by atoms with Gasteiger partial charge in [0.05, 0.1) is 10.8 Å². The number of piperidine rings is 1. The molecule has 2 heterocycles. The number of sulfonamides is 1. The second-order valence-electron chi connectivity index (χ2n) is 7.06. The molecule has 1 saturated heterocycles. The van der Waals surface area contributed by atoms with Gasteiger partial charge >= 0.3 is 12.1 Å². The maximum atomic E-state index is 12.8. The van der Waals surface area contributed by atoms with E-state index < -0.39 is 39.7 Å². The van der Waals surface area contributed by atoms with Gasteiger partial charge in [-0.05, 0) is 37.1 Å². The molecule has 1 amide bonds. The van der Waals surface area contributed by atoms with Crippen LogP contribution in [0.5, 0.6) is 0 Å². The van der Waals surface area contributed by atoms with Gasteiger partial charge in [0, 0.05) is 31.9 Å². The maximum absolute atomic E-state index is 12.8. The third-order valence-corrected chi connectivity index (χ3v) is 6.77. The molecular weight excluding hydrogens is 441 g/mol. The molecule has 9 nitrogen and oxygen atoms in total. The molecule has 1 aromatic heterocycles. The topological polar surface area (TPSA) is 122 Å². The molecule has 1 aromatic carbocycles. The average Bonchev–Trinajstić information content (AvgIpc) is 3.11. The van der Waals surface area contributed by atoms with Crippen LogP contribution < -0.4 is 5.32 Å².